The first kappa shape index (κ1) is 14.5. The standard InChI is InChI=1S/C17H25N3O/c1-3-17(21)20(16-6-4-5-9-18-16)13(2)10-19-11-14-7-8-15(14)12-19/h4-6,9,13-15H,3,7-8,10-12H2,1-2H3. The molecule has 1 amide bonds. The van der Waals surface area contributed by atoms with Gasteiger partial charge in [0.1, 0.15) is 5.82 Å². The summed E-state index contributed by atoms with van der Waals surface area (Å²) in [6.45, 7) is 7.44. The number of hydrogen-bond donors (Lipinski definition) is 0. The highest BCUT2D eigenvalue weighted by Gasteiger charge is 2.39. The fraction of sp³-hybridized carbons (Fsp3) is 0.647. The first-order valence-corrected chi connectivity index (χ1v) is 8.14. The van der Waals surface area contributed by atoms with Gasteiger partial charge in [-0.3, -0.25) is 9.69 Å². The van der Waals surface area contributed by atoms with Crippen LogP contribution in [0.15, 0.2) is 24.4 Å². The van der Waals surface area contributed by atoms with Crippen LogP contribution in [-0.4, -0.2) is 41.5 Å². The van der Waals surface area contributed by atoms with Crippen LogP contribution < -0.4 is 4.90 Å². The van der Waals surface area contributed by atoms with Crippen LogP contribution in [0.1, 0.15) is 33.1 Å². The normalized spacial score (nSPS) is 26.0. The van der Waals surface area contributed by atoms with Gasteiger partial charge in [0.05, 0.1) is 0 Å². The van der Waals surface area contributed by atoms with E-state index in [1.807, 2.05) is 30.0 Å². The van der Waals surface area contributed by atoms with E-state index < -0.39 is 0 Å². The van der Waals surface area contributed by atoms with Gasteiger partial charge in [0.15, 0.2) is 0 Å². The maximum absolute atomic E-state index is 12.3. The van der Waals surface area contributed by atoms with E-state index in [4.69, 9.17) is 0 Å². The maximum atomic E-state index is 12.3. The highest BCUT2D eigenvalue weighted by Crippen LogP contribution is 2.40. The van der Waals surface area contributed by atoms with Crippen molar-refractivity contribution in [2.75, 3.05) is 24.5 Å². The summed E-state index contributed by atoms with van der Waals surface area (Å²) in [5.41, 5.74) is 0. The molecule has 0 N–H and O–H groups in total. The molecule has 1 aromatic rings. The lowest BCUT2D eigenvalue weighted by Crippen LogP contribution is -2.45. The lowest BCUT2D eigenvalue weighted by Gasteiger charge is -2.31. The molecule has 2 heterocycles. The molecule has 1 aliphatic heterocycles. The highest BCUT2D eigenvalue weighted by molar-refractivity contribution is 5.92. The van der Waals surface area contributed by atoms with Crippen molar-refractivity contribution in [2.45, 2.75) is 39.2 Å². The van der Waals surface area contributed by atoms with Gasteiger partial charge in [-0.1, -0.05) is 13.0 Å². The monoisotopic (exact) mass is 287 g/mol. The summed E-state index contributed by atoms with van der Waals surface area (Å²) in [5, 5.41) is 0. The fourth-order valence-electron chi connectivity index (χ4n) is 3.73. The number of hydrogen-bond acceptors (Lipinski definition) is 3. The second kappa shape index (κ2) is 6.14. The summed E-state index contributed by atoms with van der Waals surface area (Å²) in [6, 6.07) is 5.93. The maximum Gasteiger partial charge on any atom is 0.228 e. The van der Waals surface area contributed by atoms with E-state index in [9.17, 15) is 4.79 Å². The largest absolute Gasteiger partial charge is 0.301 e. The van der Waals surface area contributed by atoms with Gasteiger partial charge in [-0.2, -0.15) is 0 Å². The number of fused-ring (bicyclic) bond motifs is 1. The van der Waals surface area contributed by atoms with Crippen molar-refractivity contribution in [3.8, 4) is 0 Å². The van der Waals surface area contributed by atoms with Crippen molar-refractivity contribution < 1.29 is 4.79 Å². The molecule has 0 radical (unpaired) electrons. The molecule has 2 fully saturated rings. The van der Waals surface area contributed by atoms with Crippen molar-refractivity contribution in [3.63, 3.8) is 0 Å². The molecule has 0 bridgehead atoms. The third-order valence-corrected chi connectivity index (χ3v) is 4.99. The van der Waals surface area contributed by atoms with E-state index in [2.05, 4.69) is 16.8 Å². The minimum absolute atomic E-state index is 0.156. The van der Waals surface area contributed by atoms with Crippen molar-refractivity contribution in [1.29, 1.82) is 0 Å². The van der Waals surface area contributed by atoms with Gasteiger partial charge < -0.3 is 4.90 Å². The van der Waals surface area contributed by atoms with Gasteiger partial charge in [-0.25, -0.2) is 4.98 Å². The molecule has 114 valence electrons. The molecule has 4 heteroatoms. The molecule has 1 aliphatic carbocycles. The van der Waals surface area contributed by atoms with Gasteiger partial charge in [0.2, 0.25) is 5.91 Å². The summed E-state index contributed by atoms with van der Waals surface area (Å²) in [4.78, 5) is 21.1. The topological polar surface area (TPSA) is 36.4 Å². The summed E-state index contributed by atoms with van der Waals surface area (Å²) >= 11 is 0. The number of likely N-dealkylation sites (tertiary alicyclic amines) is 1. The Hall–Kier alpha value is -1.42. The zero-order chi connectivity index (χ0) is 14.8. The number of rotatable bonds is 5. The van der Waals surface area contributed by atoms with Crippen LogP contribution >= 0.6 is 0 Å². The average molecular weight is 287 g/mol. The number of anilines is 1. The van der Waals surface area contributed by atoms with Crippen LogP contribution in [0.25, 0.3) is 0 Å². The summed E-state index contributed by atoms with van der Waals surface area (Å²) < 4.78 is 0. The average Bonchev–Trinajstić information content (AvgIpc) is 2.75. The van der Waals surface area contributed by atoms with Crippen LogP contribution in [0.3, 0.4) is 0 Å². The van der Waals surface area contributed by atoms with Gasteiger partial charge in [-0.05, 0) is 43.7 Å². The molecular formula is C17H25N3O. The van der Waals surface area contributed by atoms with Gasteiger partial charge in [-0.15, -0.1) is 0 Å². The van der Waals surface area contributed by atoms with Gasteiger partial charge >= 0.3 is 0 Å². The van der Waals surface area contributed by atoms with E-state index >= 15 is 0 Å². The van der Waals surface area contributed by atoms with Crippen molar-refractivity contribution in [2.24, 2.45) is 11.8 Å². The summed E-state index contributed by atoms with van der Waals surface area (Å²) in [7, 11) is 0. The molecule has 1 aromatic heterocycles. The smallest absolute Gasteiger partial charge is 0.228 e. The first-order valence-electron chi connectivity index (χ1n) is 8.14. The molecule has 3 atom stereocenters. The molecule has 0 aromatic carbocycles. The molecule has 0 spiro atoms. The molecule has 2 aliphatic rings. The minimum Gasteiger partial charge on any atom is -0.301 e. The Morgan fingerprint density at radius 3 is 2.62 bits per heavy atom. The predicted molar refractivity (Wildman–Crippen MR) is 84.1 cm³/mol. The zero-order valence-corrected chi connectivity index (χ0v) is 13.0. The Balaban J connectivity index is 1.69. The van der Waals surface area contributed by atoms with Crippen LogP contribution in [0, 0.1) is 11.8 Å². The predicted octanol–water partition coefficient (Wildman–Crippen LogP) is 2.55. The van der Waals surface area contributed by atoms with E-state index in [-0.39, 0.29) is 11.9 Å². The van der Waals surface area contributed by atoms with Crippen molar-refractivity contribution >= 4 is 11.7 Å². The third kappa shape index (κ3) is 2.95. The van der Waals surface area contributed by atoms with E-state index in [0.29, 0.717) is 6.42 Å². The van der Waals surface area contributed by atoms with Crippen molar-refractivity contribution in [3.05, 3.63) is 24.4 Å². The minimum atomic E-state index is 0.156. The Morgan fingerprint density at radius 2 is 2.10 bits per heavy atom. The molecule has 3 rings (SSSR count). The SMILES string of the molecule is CCC(=O)N(c1ccccn1)C(C)CN1CC2CCC2C1. The zero-order valence-electron chi connectivity index (χ0n) is 13.0. The number of nitrogens with zero attached hydrogens (tertiary/aromatic N) is 3. The fourth-order valence-corrected chi connectivity index (χ4v) is 3.73. The number of carbonyl (C=O) groups excluding carboxylic acids is 1. The molecule has 1 saturated heterocycles. The van der Waals surface area contributed by atoms with Crippen LogP contribution in [0.5, 0.6) is 0 Å². The second-order valence-corrected chi connectivity index (χ2v) is 6.47. The number of pyridine rings is 1. The Kier molecular flexibility index (Phi) is 4.24. The van der Waals surface area contributed by atoms with E-state index in [0.717, 1.165) is 24.2 Å². The lowest BCUT2D eigenvalue weighted by molar-refractivity contribution is -0.118. The number of aromatic nitrogens is 1. The van der Waals surface area contributed by atoms with Crippen molar-refractivity contribution in [1.82, 2.24) is 9.88 Å². The summed E-state index contributed by atoms with van der Waals surface area (Å²) in [6.07, 6.45) is 5.07. The Labute approximate surface area is 127 Å². The molecule has 3 unspecified atom stereocenters. The highest BCUT2D eigenvalue weighted by atomic mass is 16.2. The van der Waals surface area contributed by atoms with Crippen LogP contribution in [-0.2, 0) is 4.79 Å². The first-order chi connectivity index (χ1) is 10.2. The third-order valence-electron chi connectivity index (χ3n) is 4.99. The number of amides is 1. The molecule has 21 heavy (non-hydrogen) atoms. The Morgan fingerprint density at radius 1 is 1.38 bits per heavy atom. The molecular weight excluding hydrogens is 262 g/mol. The van der Waals surface area contributed by atoms with Gasteiger partial charge in [0, 0.05) is 38.3 Å². The van der Waals surface area contributed by atoms with Gasteiger partial charge in [0.25, 0.3) is 0 Å². The molecule has 4 nitrogen and oxygen atoms in total. The van der Waals surface area contributed by atoms with Crippen LogP contribution in [0.4, 0.5) is 5.82 Å². The van der Waals surface area contributed by atoms with E-state index in [1.54, 1.807) is 6.20 Å². The molecule has 1 saturated carbocycles. The van der Waals surface area contributed by atoms with E-state index in [1.165, 1.54) is 25.9 Å². The lowest BCUT2D eigenvalue weighted by atomic mass is 9.77. The number of carbonyl (C=O) groups is 1. The Bertz CT molecular complexity index is 478. The summed E-state index contributed by atoms with van der Waals surface area (Å²) in [5.74, 6) is 2.77. The quantitative estimate of drug-likeness (QED) is 0.835. The van der Waals surface area contributed by atoms with Crippen LogP contribution in [0.2, 0.25) is 0 Å². The second-order valence-electron chi connectivity index (χ2n) is 6.47.